The molecule has 182 valence electrons. The minimum atomic E-state index is -4.41. The molecule has 2 N–H and O–H groups in total. The van der Waals surface area contributed by atoms with Crippen molar-refractivity contribution in [3.8, 4) is 11.8 Å². The molecule has 0 amide bonds. The first-order valence-corrected chi connectivity index (χ1v) is 11.1. The highest BCUT2D eigenvalue weighted by atomic mass is 19.4. The molecule has 1 aromatic heterocycles. The Hall–Kier alpha value is -3.70. The number of nitrogens with two attached hydrogens (primary N) is 1. The van der Waals surface area contributed by atoms with Crippen LogP contribution < -0.4 is 5.73 Å². The Morgan fingerprint density at radius 1 is 1.03 bits per heavy atom. The number of benzene rings is 2. The molecule has 0 saturated heterocycles. The van der Waals surface area contributed by atoms with Crippen LogP contribution in [0.15, 0.2) is 48.5 Å². The van der Waals surface area contributed by atoms with Crippen molar-refractivity contribution in [1.29, 1.82) is 0 Å². The average molecular weight is 482 g/mol. The van der Waals surface area contributed by atoms with Crippen molar-refractivity contribution in [2.24, 2.45) is 5.73 Å². The predicted octanol–water partition coefficient (Wildman–Crippen LogP) is 5.55. The van der Waals surface area contributed by atoms with Gasteiger partial charge in [0.15, 0.2) is 0 Å². The van der Waals surface area contributed by atoms with E-state index in [1.54, 1.807) is 38.1 Å². The van der Waals surface area contributed by atoms with E-state index in [9.17, 15) is 18.0 Å². The van der Waals surface area contributed by atoms with E-state index in [1.165, 1.54) is 12.1 Å². The van der Waals surface area contributed by atoms with Crippen LogP contribution in [0.4, 0.5) is 13.2 Å². The van der Waals surface area contributed by atoms with Crippen molar-refractivity contribution in [3.05, 3.63) is 93.6 Å². The van der Waals surface area contributed by atoms with Crippen molar-refractivity contribution in [2.45, 2.75) is 45.8 Å². The monoisotopic (exact) mass is 481 g/mol. The fourth-order valence-electron chi connectivity index (χ4n) is 3.33. The summed E-state index contributed by atoms with van der Waals surface area (Å²) in [6.07, 6.45) is -4.41. The first-order valence-electron chi connectivity index (χ1n) is 11.1. The van der Waals surface area contributed by atoms with Gasteiger partial charge in [0.1, 0.15) is 5.82 Å². The van der Waals surface area contributed by atoms with Crippen molar-refractivity contribution in [3.63, 3.8) is 0 Å². The van der Waals surface area contributed by atoms with Crippen molar-refractivity contribution >= 4 is 5.97 Å². The highest BCUT2D eigenvalue weighted by molar-refractivity contribution is 5.89. The van der Waals surface area contributed by atoms with Gasteiger partial charge < -0.3 is 10.5 Å². The Morgan fingerprint density at radius 3 is 2.20 bits per heavy atom. The summed E-state index contributed by atoms with van der Waals surface area (Å²) in [5.74, 6) is 6.14. The molecule has 1 atom stereocenters. The molecule has 35 heavy (non-hydrogen) atoms. The number of ether oxygens (including phenoxy) is 1. The van der Waals surface area contributed by atoms with Crippen LogP contribution in [-0.4, -0.2) is 22.5 Å². The van der Waals surface area contributed by atoms with Crippen LogP contribution in [0.2, 0.25) is 0 Å². The second-order valence-corrected chi connectivity index (χ2v) is 8.23. The highest BCUT2D eigenvalue weighted by Crippen LogP contribution is 2.29. The second-order valence-electron chi connectivity index (χ2n) is 8.23. The number of hydrogen-bond acceptors (Lipinski definition) is 5. The molecule has 0 radical (unpaired) electrons. The van der Waals surface area contributed by atoms with E-state index in [4.69, 9.17) is 10.5 Å². The van der Waals surface area contributed by atoms with Crippen LogP contribution in [-0.2, 0) is 10.9 Å². The van der Waals surface area contributed by atoms with E-state index in [-0.39, 0.29) is 12.5 Å². The van der Waals surface area contributed by atoms with Gasteiger partial charge in [0.2, 0.25) is 0 Å². The van der Waals surface area contributed by atoms with E-state index in [1.807, 2.05) is 13.8 Å². The molecule has 0 aliphatic heterocycles. The molecular formula is C27H26F3N3O2. The zero-order chi connectivity index (χ0) is 25.8. The molecule has 0 fully saturated rings. The third-order valence-corrected chi connectivity index (χ3v) is 5.27. The van der Waals surface area contributed by atoms with Gasteiger partial charge in [-0.3, -0.25) is 0 Å². The van der Waals surface area contributed by atoms with Crippen molar-refractivity contribution in [2.75, 3.05) is 6.61 Å². The van der Waals surface area contributed by atoms with Gasteiger partial charge in [-0.05, 0) is 55.8 Å². The van der Waals surface area contributed by atoms with Gasteiger partial charge >= 0.3 is 12.1 Å². The van der Waals surface area contributed by atoms with Crippen LogP contribution in [0.25, 0.3) is 0 Å². The first-order chi connectivity index (χ1) is 16.5. The fourth-order valence-corrected chi connectivity index (χ4v) is 3.33. The molecule has 3 rings (SSSR count). The Labute approximate surface area is 202 Å². The molecule has 1 unspecified atom stereocenters. The molecule has 8 heteroatoms. The van der Waals surface area contributed by atoms with E-state index in [0.717, 1.165) is 12.1 Å². The topological polar surface area (TPSA) is 78.1 Å². The SMILES string of the molecule is CCOC(=O)c1ccc(C(N)c2nc(C(C)C)nc(C)c2C#Cc2ccc(C(F)(F)F)cc2)cc1. The summed E-state index contributed by atoms with van der Waals surface area (Å²) in [4.78, 5) is 21.2. The first kappa shape index (κ1) is 25.9. The lowest BCUT2D eigenvalue weighted by atomic mass is 9.97. The number of esters is 1. The maximum absolute atomic E-state index is 12.8. The lowest BCUT2D eigenvalue weighted by Crippen LogP contribution is -2.19. The molecule has 0 aliphatic rings. The maximum atomic E-state index is 12.8. The predicted molar refractivity (Wildman–Crippen MR) is 127 cm³/mol. The van der Waals surface area contributed by atoms with Crippen molar-refractivity contribution < 1.29 is 22.7 Å². The molecular weight excluding hydrogens is 455 g/mol. The second kappa shape index (κ2) is 10.7. The number of rotatable bonds is 5. The largest absolute Gasteiger partial charge is 0.462 e. The summed E-state index contributed by atoms with van der Waals surface area (Å²) in [6, 6.07) is 10.7. The number of aromatic nitrogens is 2. The van der Waals surface area contributed by atoms with E-state index in [0.29, 0.717) is 39.5 Å². The molecule has 2 aromatic carbocycles. The van der Waals surface area contributed by atoms with Gasteiger partial charge in [-0.2, -0.15) is 13.2 Å². The number of hydrogen-bond donors (Lipinski definition) is 1. The molecule has 1 heterocycles. The van der Waals surface area contributed by atoms with Gasteiger partial charge in [0.25, 0.3) is 0 Å². The third-order valence-electron chi connectivity index (χ3n) is 5.27. The Morgan fingerprint density at radius 2 is 1.66 bits per heavy atom. The minimum Gasteiger partial charge on any atom is -0.462 e. The van der Waals surface area contributed by atoms with Crippen molar-refractivity contribution in [1.82, 2.24) is 9.97 Å². The van der Waals surface area contributed by atoms with Gasteiger partial charge in [-0.15, -0.1) is 0 Å². The van der Waals surface area contributed by atoms with Crippen LogP contribution >= 0.6 is 0 Å². The number of carbonyl (C=O) groups is 1. The number of alkyl halides is 3. The van der Waals surface area contributed by atoms with E-state index < -0.39 is 23.8 Å². The van der Waals surface area contributed by atoms with Gasteiger partial charge in [-0.1, -0.05) is 37.8 Å². The number of carbonyl (C=O) groups excluding carboxylic acids is 1. The summed E-state index contributed by atoms with van der Waals surface area (Å²) >= 11 is 0. The van der Waals surface area contributed by atoms with Crippen LogP contribution in [0.3, 0.4) is 0 Å². The van der Waals surface area contributed by atoms with Crippen LogP contribution in [0.1, 0.15) is 82.6 Å². The third kappa shape index (κ3) is 6.25. The van der Waals surface area contributed by atoms with Gasteiger partial charge in [0, 0.05) is 11.5 Å². The molecule has 0 saturated carbocycles. The summed E-state index contributed by atoms with van der Waals surface area (Å²) < 4.78 is 43.6. The molecule has 0 bridgehead atoms. The lowest BCUT2D eigenvalue weighted by molar-refractivity contribution is -0.137. The molecule has 0 spiro atoms. The summed E-state index contributed by atoms with van der Waals surface area (Å²) in [5.41, 5.74) is 9.02. The summed E-state index contributed by atoms with van der Waals surface area (Å²) in [6.45, 7) is 7.74. The highest BCUT2D eigenvalue weighted by Gasteiger charge is 2.29. The smallest absolute Gasteiger partial charge is 0.416 e. The minimum absolute atomic E-state index is 0.0442. The molecule has 0 aliphatic carbocycles. The van der Waals surface area contributed by atoms with E-state index >= 15 is 0 Å². The Bertz CT molecular complexity index is 1260. The zero-order valence-corrected chi connectivity index (χ0v) is 19.9. The summed E-state index contributed by atoms with van der Waals surface area (Å²) in [5, 5.41) is 0. The average Bonchev–Trinajstić information content (AvgIpc) is 2.82. The van der Waals surface area contributed by atoms with E-state index in [2.05, 4.69) is 21.8 Å². The van der Waals surface area contributed by atoms with Gasteiger partial charge in [0.05, 0.1) is 40.7 Å². The number of nitrogens with zero attached hydrogens (tertiary/aromatic N) is 2. The zero-order valence-electron chi connectivity index (χ0n) is 19.9. The lowest BCUT2D eigenvalue weighted by Gasteiger charge is -2.17. The quantitative estimate of drug-likeness (QED) is 0.382. The molecule has 5 nitrogen and oxygen atoms in total. The maximum Gasteiger partial charge on any atom is 0.416 e. The standard InChI is InChI=1S/C27H26F3N3O2/c1-5-35-26(34)20-11-9-19(10-12-20)23(31)24-22(17(4)32-25(33-24)16(2)3)15-8-18-6-13-21(14-7-18)27(28,29)30/h6-7,9-14,16,23H,5,31H2,1-4H3. The summed E-state index contributed by atoms with van der Waals surface area (Å²) in [7, 11) is 0. The normalized spacial score (nSPS) is 12.1. The molecule has 3 aromatic rings. The Balaban J connectivity index is 2.01. The number of halogens is 3. The van der Waals surface area contributed by atoms with Crippen LogP contribution in [0.5, 0.6) is 0 Å². The van der Waals surface area contributed by atoms with Gasteiger partial charge in [-0.25, -0.2) is 14.8 Å². The van der Waals surface area contributed by atoms with Crippen LogP contribution in [0, 0.1) is 18.8 Å². The Kier molecular flexibility index (Phi) is 7.92. The fraction of sp³-hybridized carbons (Fsp3) is 0.296. The number of aryl methyl sites for hydroxylation is 1.